The molecular formula is C15H21N5O3S. The Morgan fingerprint density at radius 1 is 1.42 bits per heavy atom. The topological polar surface area (TPSA) is 101 Å². The molecule has 130 valence electrons. The minimum atomic E-state index is -3.30. The van der Waals surface area contributed by atoms with Crippen LogP contribution in [0.15, 0.2) is 23.5 Å². The van der Waals surface area contributed by atoms with Crippen molar-refractivity contribution in [2.75, 3.05) is 19.3 Å². The van der Waals surface area contributed by atoms with Crippen LogP contribution in [-0.2, 0) is 23.3 Å². The summed E-state index contributed by atoms with van der Waals surface area (Å²) in [5.41, 5.74) is 1.20. The monoisotopic (exact) mass is 351 g/mol. The van der Waals surface area contributed by atoms with E-state index in [-0.39, 0.29) is 16.7 Å². The number of likely N-dealkylation sites (tertiary alicyclic amines) is 1. The van der Waals surface area contributed by atoms with Crippen molar-refractivity contribution in [3.8, 4) is 0 Å². The molecule has 0 aromatic carbocycles. The lowest BCUT2D eigenvalue weighted by molar-refractivity contribution is 0.0672. The Morgan fingerprint density at radius 3 is 2.88 bits per heavy atom. The van der Waals surface area contributed by atoms with Gasteiger partial charge in [0.1, 0.15) is 4.90 Å². The zero-order valence-corrected chi connectivity index (χ0v) is 14.6. The second-order valence-electron chi connectivity index (χ2n) is 6.35. The molecule has 1 saturated heterocycles. The van der Waals surface area contributed by atoms with E-state index < -0.39 is 9.84 Å². The highest BCUT2D eigenvalue weighted by Crippen LogP contribution is 2.24. The molecule has 0 bridgehead atoms. The van der Waals surface area contributed by atoms with Crippen LogP contribution < -0.4 is 0 Å². The van der Waals surface area contributed by atoms with Gasteiger partial charge in [0, 0.05) is 32.6 Å². The summed E-state index contributed by atoms with van der Waals surface area (Å²) >= 11 is 0. The number of rotatable bonds is 4. The molecule has 1 N–H and O–H groups in total. The Hall–Kier alpha value is -2.16. The molecule has 1 aliphatic heterocycles. The molecule has 8 nitrogen and oxygen atoms in total. The maximum atomic E-state index is 12.5. The van der Waals surface area contributed by atoms with Crippen LogP contribution >= 0.6 is 0 Å². The fourth-order valence-electron chi connectivity index (χ4n) is 3.19. The summed E-state index contributed by atoms with van der Waals surface area (Å²) in [5.74, 6) is 0.182. The minimum Gasteiger partial charge on any atom is -0.338 e. The number of aryl methyl sites for hydroxylation is 1. The number of hydrogen-bond acceptors (Lipinski definition) is 5. The lowest BCUT2D eigenvalue weighted by Gasteiger charge is -2.32. The van der Waals surface area contributed by atoms with Crippen LogP contribution in [0.25, 0.3) is 0 Å². The van der Waals surface area contributed by atoms with Gasteiger partial charge in [-0.1, -0.05) is 0 Å². The molecule has 0 aliphatic carbocycles. The number of sulfone groups is 1. The van der Waals surface area contributed by atoms with Crippen LogP contribution in [0.3, 0.4) is 0 Å². The molecule has 1 fully saturated rings. The van der Waals surface area contributed by atoms with Gasteiger partial charge in [0.15, 0.2) is 9.84 Å². The standard InChI is InChI=1S/C15H21N5O3S/c1-19-10-12(7-17-19)15(21)20-5-3-4-11(9-20)6-13-14(8-16-18-13)24(2,22)23/h7-8,10-11H,3-6,9H2,1-2H3,(H,16,18)/t11-/m0/s1. The third-order valence-corrected chi connectivity index (χ3v) is 5.48. The van der Waals surface area contributed by atoms with E-state index in [9.17, 15) is 13.2 Å². The van der Waals surface area contributed by atoms with Crippen molar-refractivity contribution in [1.29, 1.82) is 0 Å². The van der Waals surface area contributed by atoms with Gasteiger partial charge in [-0.15, -0.1) is 0 Å². The molecule has 0 spiro atoms. The Labute approximate surface area is 140 Å². The van der Waals surface area contributed by atoms with Gasteiger partial charge in [-0.2, -0.15) is 10.2 Å². The van der Waals surface area contributed by atoms with Crippen LogP contribution in [0, 0.1) is 5.92 Å². The van der Waals surface area contributed by atoms with E-state index in [1.165, 1.54) is 12.5 Å². The number of amides is 1. The Morgan fingerprint density at radius 2 is 2.21 bits per heavy atom. The van der Waals surface area contributed by atoms with Gasteiger partial charge >= 0.3 is 0 Å². The second kappa shape index (κ2) is 6.39. The SMILES string of the molecule is Cn1cc(C(=O)N2CCC[C@@H](Cc3[nH]ncc3S(C)(=O)=O)C2)cn1. The number of carbonyl (C=O) groups is 1. The van der Waals surface area contributed by atoms with E-state index in [0.29, 0.717) is 30.8 Å². The fraction of sp³-hybridized carbons (Fsp3) is 0.533. The van der Waals surface area contributed by atoms with Crippen molar-refractivity contribution < 1.29 is 13.2 Å². The van der Waals surface area contributed by atoms with Crippen molar-refractivity contribution in [2.24, 2.45) is 13.0 Å². The lowest BCUT2D eigenvalue weighted by atomic mass is 9.93. The Kier molecular flexibility index (Phi) is 4.44. The second-order valence-corrected chi connectivity index (χ2v) is 8.34. The van der Waals surface area contributed by atoms with Gasteiger partial charge in [-0.25, -0.2) is 8.42 Å². The minimum absolute atomic E-state index is 0.0271. The van der Waals surface area contributed by atoms with E-state index in [1.54, 1.807) is 24.1 Å². The van der Waals surface area contributed by atoms with Crippen molar-refractivity contribution in [1.82, 2.24) is 24.9 Å². The first-order chi connectivity index (χ1) is 11.3. The highest BCUT2D eigenvalue weighted by Gasteiger charge is 2.27. The van der Waals surface area contributed by atoms with E-state index >= 15 is 0 Å². The van der Waals surface area contributed by atoms with Gasteiger partial charge in [0.25, 0.3) is 5.91 Å². The van der Waals surface area contributed by atoms with Gasteiger partial charge in [0.05, 0.1) is 23.7 Å². The van der Waals surface area contributed by atoms with E-state index in [2.05, 4.69) is 15.3 Å². The van der Waals surface area contributed by atoms with Gasteiger partial charge in [0.2, 0.25) is 0 Å². The predicted octanol–water partition coefficient (Wildman–Crippen LogP) is 0.642. The highest BCUT2D eigenvalue weighted by atomic mass is 32.2. The molecule has 24 heavy (non-hydrogen) atoms. The maximum absolute atomic E-state index is 12.5. The number of carbonyl (C=O) groups excluding carboxylic acids is 1. The molecule has 0 unspecified atom stereocenters. The maximum Gasteiger partial charge on any atom is 0.257 e. The molecule has 1 aliphatic rings. The molecule has 0 saturated carbocycles. The van der Waals surface area contributed by atoms with Gasteiger partial charge in [-0.3, -0.25) is 14.6 Å². The van der Waals surface area contributed by atoms with E-state index in [0.717, 1.165) is 12.8 Å². The number of piperidine rings is 1. The normalized spacial score (nSPS) is 18.8. The third-order valence-electron chi connectivity index (χ3n) is 4.33. The fourth-order valence-corrected chi connectivity index (χ4v) is 4.01. The van der Waals surface area contributed by atoms with Crippen molar-refractivity contribution in [2.45, 2.75) is 24.2 Å². The number of aromatic amines is 1. The summed E-state index contributed by atoms with van der Waals surface area (Å²) in [7, 11) is -1.52. The first kappa shape index (κ1) is 16.7. The summed E-state index contributed by atoms with van der Waals surface area (Å²) in [6, 6.07) is 0. The lowest BCUT2D eigenvalue weighted by Crippen LogP contribution is -2.40. The van der Waals surface area contributed by atoms with Crippen LogP contribution in [0.4, 0.5) is 0 Å². The van der Waals surface area contributed by atoms with Crippen LogP contribution in [0.2, 0.25) is 0 Å². The number of nitrogens with one attached hydrogen (secondary N) is 1. The molecular weight excluding hydrogens is 330 g/mol. The zero-order valence-electron chi connectivity index (χ0n) is 13.8. The number of H-pyrrole nitrogens is 1. The predicted molar refractivity (Wildman–Crippen MR) is 87.2 cm³/mol. The molecule has 2 aromatic heterocycles. The van der Waals surface area contributed by atoms with E-state index in [4.69, 9.17) is 0 Å². The average Bonchev–Trinajstić information content (AvgIpc) is 3.15. The molecule has 2 aromatic rings. The molecule has 1 atom stereocenters. The van der Waals surface area contributed by atoms with Gasteiger partial charge in [-0.05, 0) is 25.2 Å². The van der Waals surface area contributed by atoms with Crippen molar-refractivity contribution in [3.05, 3.63) is 29.8 Å². The molecule has 1 amide bonds. The first-order valence-electron chi connectivity index (χ1n) is 7.85. The zero-order chi connectivity index (χ0) is 17.3. The first-order valence-corrected chi connectivity index (χ1v) is 9.74. The van der Waals surface area contributed by atoms with Crippen molar-refractivity contribution in [3.63, 3.8) is 0 Å². The third kappa shape index (κ3) is 3.50. The summed E-state index contributed by atoms with van der Waals surface area (Å²) in [6.07, 6.45) is 8.25. The average molecular weight is 351 g/mol. The van der Waals surface area contributed by atoms with Crippen molar-refractivity contribution >= 4 is 15.7 Å². The molecule has 3 heterocycles. The summed E-state index contributed by atoms with van der Waals surface area (Å²) in [4.78, 5) is 14.6. The Balaban J connectivity index is 1.70. The summed E-state index contributed by atoms with van der Waals surface area (Å²) < 4.78 is 25.2. The number of nitrogens with zero attached hydrogens (tertiary/aromatic N) is 4. The molecule has 9 heteroatoms. The molecule has 0 radical (unpaired) electrons. The summed E-state index contributed by atoms with van der Waals surface area (Å²) in [6.45, 7) is 1.32. The highest BCUT2D eigenvalue weighted by molar-refractivity contribution is 7.90. The largest absolute Gasteiger partial charge is 0.338 e. The molecule has 3 rings (SSSR count). The Bertz CT molecular complexity index is 839. The van der Waals surface area contributed by atoms with Crippen LogP contribution in [0.1, 0.15) is 28.9 Å². The number of hydrogen-bond donors (Lipinski definition) is 1. The quantitative estimate of drug-likeness (QED) is 0.871. The van der Waals surface area contributed by atoms with E-state index in [1.807, 2.05) is 4.90 Å². The number of aromatic nitrogens is 4. The van der Waals surface area contributed by atoms with Crippen LogP contribution in [-0.4, -0.2) is 58.5 Å². The smallest absolute Gasteiger partial charge is 0.257 e. The summed E-state index contributed by atoms with van der Waals surface area (Å²) in [5, 5.41) is 10.7. The van der Waals surface area contributed by atoms with Crippen LogP contribution in [0.5, 0.6) is 0 Å². The van der Waals surface area contributed by atoms with Gasteiger partial charge < -0.3 is 4.90 Å².